The van der Waals surface area contributed by atoms with Crippen LogP contribution in [0, 0.1) is 0 Å². The molecule has 1 amide bonds. The molecule has 0 radical (unpaired) electrons. The quantitative estimate of drug-likeness (QED) is 0.552. The van der Waals surface area contributed by atoms with Crippen molar-refractivity contribution in [1.82, 2.24) is 9.78 Å². The van der Waals surface area contributed by atoms with E-state index in [1.165, 1.54) is 4.68 Å². The van der Waals surface area contributed by atoms with Gasteiger partial charge in [0.2, 0.25) is 0 Å². The highest BCUT2D eigenvalue weighted by molar-refractivity contribution is 6.11. The zero-order chi connectivity index (χ0) is 20.4. The number of hydrogen-bond donors (Lipinski definition) is 1. The molecule has 0 spiro atoms. The summed E-state index contributed by atoms with van der Waals surface area (Å²) in [5.41, 5.74) is 2.39. The fourth-order valence-corrected chi connectivity index (χ4v) is 3.27. The van der Waals surface area contributed by atoms with Crippen LogP contribution < -0.4 is 10.9 Å². The summed E-state index contributed by atoms with van der Waals surface area (Å²) < 4.78 is 1.28. The largest absolute Gasteiger partial charge is 0.321 e. The zero-order valence-electron chi connectivity index (χ0n) is 16.3. The van der Waals surface area contributed by atoms with Crippen LogP contribution in [0.15, 0.2) is 83.7 Å². The van der Waals surface area contributed by atoms with Gasteiger partial charge in [0.1, 0.15) is 0 Å². The summed E-state index contributed by atoms with van der Waals surface area (Å²) in [4.78, 5) is 26.1. The topological polar surface area (TPSA) is 64.0 Å². The van der Waals surface area contributed by atoms with Gasteiger partial charge < -0.3 is 5.32 Å². The highest BCUT2D eigenvalue weighted by Gasteiger charge is 2.17. The van der Waals surface area contributed by atoms with E-state index < -0.39 is 0 Å². The minimum absolute atomic E-state index is 0.207. The van der Waals surface area contributed by atoms with Crippen molar-refractivity contribution in [1.29, 1.82) is 0 Å². The molecule has 4 aromatic rings. The number of carbonyl (C=O) groups excluding carboxylic acids is 1. The van der Waals surface area contributed by atoms with Crippen molar-refractivity contribution in [2.45, 2.75) is 19.8 Å². The lowest BCUT2D eigenvalue weighted by molar-refractivity contribution is 0.102. The van der Waals surface area contributed by atoms with Crippen LogP contribution in [0.1, 0.15) is 35.8 Å². The summed E-state index contributed by atoms with van der Waals surface area (Å²) in [7, 11) is 0. The fourth-order valence-electron chi connectivity index (χ4n) is 3.27. The molecular weight excluding hydrogens is 362 g/mol. The van der Waals surface area contributed by atoms with Gasteiger partial charge in [-0.25, -0.2) is 0 Å². The average Bonchev–Trinajstić information content (AvgIpc) is 2.75. The Hall–Kier alpha value is -3.73. The van der Waals surface area contributed by atoms with E-state index in [0.717, 1.165) is 5.56 Å². The molecule has 1 aromatic heterocycles. The second kappa shape index (κ2) is 7.72. The lowest BCUT2D eigenvalue weighted by Gasteiger charge is -2.12. The van der Waals surface area contributed by atoms with Crippen molar-refractivity contribution in [2.24, 2.45) is 0 Å². The summed E-state index contributed by atoms with van der Waals surface area (Å²) in [6.45, 7) is 4.21. The van der Waals surface area contributed by atoms with Gasteiger partial charge in [-0.15, -0.1) is 0 Å². The molecule has 0 atom stereocenters. The maximum atomic E-state index is 13.1. The Balaban J connectivity index is 1.83. The van der Waals surface area contributed by atoms with Crippen molar-refractivity contribution >= 4 is 22.4 Å². The summed E-state index contributed by atoms with van der Waals surface area (Å²) >= 11 is 0. The van der Waals surface area contributed by atoms with Gasteiger partial charge in [0.15, 0.2) is 5.69 Å². The first-order chi connectivity index (χ1) is 14.0. The van der Waals surface area contributed by atoms with E-state index in [2.05, 4.69) is 24.3 Å². The van der Waals surface area contributed by atoms with E-state index in [4.69, 9.17) is 0 Å². The number of amides is 1. The van der Waals surface area contributed by atoms with Gasteiger partial charge in [0.05, 0.1) is 11.1 Å². The molecule has 5 heteroatoms. The lowest BCUT2D eigenvalue weighted by atomic mass is 10.0. The normalized spacial score (nSPS) is 11.0. The van der Waals surface area contributed by atoms with Crippen LogP contribution in [0.5, 0.6) is 0 Å². The molecule has 0 bridgehead atoms. The van der Waals surface area contributed by atoms with E-state index in [0.29, 0.717) is 28.1 Å². The molecule has 29 heavy (non-hydrogen) atoms. The van der Waals surface area contributed by atoms with E-state index in [-0.39, 0.29) is 17.2 Å². The SMILES string of the molecule is CC(C)c1cccc(NC(=O)c2nn(-c3ccccc3)c(=O)c3ccccc23)c1. The predicted molar refractivity (Wildman–Crippen MR) is 116 cm³/mol. The third-order valence-corrected chi connectivity index (χ3v) is 4.83. The first kappa shape index (κ1) is 18.6. The van der Waals surface area contributed by atoms with Gasteiger partial charge in [-0.1, -0.05) is 62.4 Å². The number of rotatable bonds is 4. The van der Waals surface area contributed by atoms with Crippen LogP contribution in [-0.4, -0.2) is 15.7 Å². The second-order valence-electron chi connectivity index (χ2n) is 7.18. The third kappa shape index (κ3) is 3.67. The Morgan fingerprint density at radius 2 is 1.59 bits per heavy atom. The van der Waals surface area contributed by atoms with E-state index >= 15 is 0 Å². The Bertz CT molecular complexity index is 1240. The number of aromatic nitrogens is 2. The van der Waals surface area contributed by atoms with Crippen molar-refractivity contribution in [3.63, 3.8) is 0 Å². The Kier molecular flexibility index (Phi) is 4.96. The van der Waals surface area contributed by atoms with Crippen LogP contribution >= 0.6 is 0 Å². The first-order valence-electron chi connectivity index (χ1n) is 9.53. The maximum Gasteiger partial charge on any atom is 0.279 e. The Labute approximate surface area is 168 Å². The maximum absolute atomic E-state index is 13.1. The minimum atomic E-state index is -0.355. The first-order valence-corrected chi connectivity index (χ1v) is 9.53. The average molecular weight is 383 g/mol. The molecule has 0 fully saturated rings. The molecule has 4 rings (SSSR count). The van der Waals surface area contributed by atoms with E-state index in [1.807, 2.05) is 42.5 Å². The minimum Gasteiger partial charge on any atom is -0.321 e. The molecule has 1 N–H and O–H groups in total. The highest BCUT2D eigenvalue weighted by Crippen LogP contribution is 2.20. The smallest absolute Gasteiger partial charge is 0.279 e. The van der Waals surface area contributed by atoms with Crippen LogP contribution in [0.4, 0.5) is 5.69 Å². The van der Waals surface area contributed by atoms with Gasteiger partial charge >= 0.3 is 0 Å². The standard InChI is InChI=1S/C24H21N3O2/c1-16(2)17-9-8-10-18(15-17)25-23(28)22-20-13-6-7-14-21(20)24(29)27(26-22)19-11-4-3-5-12-19/h3-16H,1-2H3,(H,25,28). The van der Waals surface area contributed by atoms with Crippen molar-refractivity contribution in [3.8, 4) is 5.69 Å². The number of fused-ring (bicyclic) bond motifs is 1. The molecule has 3 aromatic carbocycles. The summed E-state index contributed by atoms with van der Waals surface area (Å²) in [6, 6.07) is 23.9. The number of benzene rings is 3. The Morgan fingerprint density at radius 3 is 2.31 bits per heavy atom. The molecule has 0 saturated carbocycles. The number of para-hydroxylation sites is 1. The number of carbonyl (C=O) groups is 1. The predicted octanol–water partition coefficient (Wildman–Crippen LogP) is 4.76. The Morgan fingerprint density at radius 1 is 0.897 bits per heavy atom. The van der Waals surface area contributed by atoms with Crippen molar-refractivity contribution in [3.05, 3.63) is 100 Å². The second-order valence-corrected chi connectivity index (χ2v) is 7.18. The van der Waals surface area contributed by atoms with Gasteiger partial charge in [-0.05, 0) is 41.8 Å². The van der Waals surface area contributed by atoms with Crippen LogP contribution in [0.3, 0.4) is 0 Å². The summed E-state index contributed by atoms with van der Waals surface area (Å²) in [5.74, 6) is -0.00224. The van der Waals surface area contributed by atoms with Gasteiger partial charge in [-0.3, -0.25) is 9.59 Å². The zero-order valence-corrected chi connectivity index (χ0v) is 16.3. The third-order valence-electron chi connectivity index (χ3n) is 4.83. The van der Waals surface area contributed by atoms with Crippen LogP contribution in [0.2, 0.25) is 0 Å². The monoisotopic (exact) mass is 383 g/mol. The van der Waals surface area contributed by atoms with E-state index in [1.54, 1.807) is 36.4 Å². The number of hydrogen-bond acceptors (Lipinski definition) is 3. The highest BCUT2D eigenvalue weighted by atomic mass is 16.2. The summed E-state index contributed by atoms with van der Waals surface area (Å²) in [5, 5.41) is 8.32. The van der Waals surface area contributed by atoms with E-state index in [9.17, 15) is 9.59 Å². The molecule has 1 heterocycles. The molecule has 0 unspecified atom stereocenters. The molecule has 0 aliphatic heterocycles. The van der Waals surface area contributed by atoms with Crippen LogP contribution in [-0.2, 0) is 0 Å². The van der Waals surface area contributed by atoms with Crippen molar-refractivity contribution < 1.29 is 4.79 Å². The summed E-state index contributed by atoms with van der Waals surface area (Å²) in [6.07, 6.45) is 0. The fraction of sp³-hybridized carbons (Fsp3) is 0.125. The van der Waals surface area contributed by atoms with Crippen LogP contribution in [0.25, 0.3) is 16.5 Å². The number of anilines is 1. The molecular formula is C24H21N3O2. The lowest BCUT2D eigenvalue weighted by Crippen LogP contribution is -2.26. The number of nitrogens with zero attached hydrogens (tertiary/aromatic N) is 2. The van der Waals surface area contributed by atoms with Gasteiger partial charge in [-0.2, -0.15) is 9.78 Å². The molecule has 5 nitrogen and oxygen atoms in total. The molecule has 144 valence electrons. The van der Waals surface area contributed by atoms with Gasteiger partial charge in [0.25, 0.3) is 11.5 Å². The number of nitrogens with one attached hydrogen (secondary N) is 1. The molecule has 0 saturated heterocycles. The molecule has 0 aliphatic rings. The molecule has 0 aliphatic carbocycles. The van der Waals surface area contributed by atoms with Gasteiger partial charge in [0, 0.05) is 11.1 Å². The van der Waals surface area contributed by atoms with Crippen molar-refractivity contribution in [2.75, 3.05) is 5.32 Å².